The molecule has 0 aromatic heterocycles. The molecule has 0 aliphatic heterocycles. The molecule has 0 aliphatic carbocycles. The summed E-state index contributed by atoms with van der Waals surface area (Å²) in [5.41, 5.74) is 3.89. The average molecular weight is 419 g/mol. The van der Waals surface area contributed by atoms with Crippen LogP contribution in [0.1, 0.15) is 25.3 Å². The predicted octanol–water partition coefficient (Wildman–Crippen LogP) is 4.12. The van der Waals surface area contributed by atoms with Crippen LogP contribution in [-0.4, -0.2) is 31.7 Å². The van der Waals surface area contributed by atoms with Crippen molar-refractivity contribution in [2.45, 2.75) is 19.8 Å². The minimum atomic E-state index is -0.350. The minimum absolute atomic E-state index is 0.0207. The van der Waals surface area contributed by atoms with Crippen molar-refractivity contribution in [1.82, 2.24) is 5.43 Å². The molecule has 0 saturated carbocycles. The van der Waals surface area contributed by atoms with Crippen molar-refractivity contribution in [3.05, 3.63) is 66.2 Å². The van der Waals surface area contributed by atoms with E-state index in [2.05, 4.69) is 15.8 Å². The molecule has 160 valence electrons. The predicted molar refractivity (Wildman–Crippen MR) is 122 cm³/mol. The van der Waals surface area contributed by atoms with Crippen molar-refractivity contribution in [1.29, 1.82) is 0 Å². The number of anilines is 1. The summed E-state index contributed by atoms with van der Waals surface area (Å²) in [5.74, 6) is 0.795. The number of amides is 2. The summed E-state index contributed by atoms with van der Waals surface area (Å²) in [5, 5.41) is 8.80. The van der Waals surface area contributed by atoms with Gasteiger partial charge in [0.25, 0.3) is 0 Å². The summed E-state index contributed by atoms with van der Waals surface area (Å²) in [7, 11) is 1.59. The topological polar surface area (TPSA) is 89.0 Å². The molecular weight excluding hydrogens is 394 g/mol. The van der Waals surface area contributed by atoms with Crippen molar-refractivity contribution in [3.8, 4) is 11.5 Å². The molecule has 7 heteroatoms. The Morgan fingerprint density at radius 1 is 0.968 bits per heavy atom. The highest BCUT2D eigenvalue weighted by atomic mass is 16.5. The monoisotopic (exact) mass is 419 g/mol. The number of carbonyl (C=O) groups excluding carboxylic acids is 2. The summed E-state index contributed by atoms with van der Waals surface area (Å²) < 4.78 is 10.8. The molecule has 3 rings (SSSR count). The van der Waals surface area contributed by atoms with Gasteiger partial charge in [0.05, 0.1) is 19.9 Å². The summed E-state index contributed by atoms with van der Waals surface area (Å²) in [6, 6.07) is 18.7. The number of methoxy groups -OCH3 is 1. The van der Waals surface area contributed by atoms with Gasteiger partial charge in [-0.1, -0.05) is 30.3 Å². The second-order valence-corrected chi connectivity index (χ2v) is 6.70. The zero-order valence-electron chi connectivity index (χ0n) is 17.6. The number of fused-ring (bicyclic) bond motifs is 1. The molecule has 3 aromatic rings. The van der Waals surface area contributed by atoms with Crippen molar-refractivity contribution in [2.75, 3.05) is 19.0 Å². The molecule has 0 saturated heterocycles. The highest BCUT2D eigenvalue weighted by Crippen LogP contribution is 2.26. The summed E-state index contributed by atoms with van der Waals surface area (Å²) >= 11 is 0. The van der Waals surface area contributed by atoms with Gasteiger partial charge in [-0.15, -0.1) is 0 Å². The van der Waals surface area contributed by atoms with Crippen LogP contribution in [0.15, 0.2) is 65.8 Å². The lowest BCUT2D eigenvalue weighted by Crippen LogP contribution is -2.20. The Morgan fingerprint density at radius 2 is 1.71 bits per heavy atom. The Morgan fingerprint density at radius 3 is 2.45 bits per heavy atom. The van der Waals surface area contributed by atoms with Crippen LogP contribution < -0.4 is 20.2 Å². The Balaban J connectivity index is 1.52. The van der Waals surface area contributed by atoms with E-state index in [0.717, 1.165) is 22.1 Å². The van der Waals surface area contributed by atoms with Crippen LogP contribution >= 0.6 is 0 Å². The molecule has 0 unspecified atom stereocenters. The van der Waals surface area contributed by atoms with Gasteiger partial charge >= 0.3 is 0 Å². The van der Waals surface area contributed by atoms with Crippen molar-refractivity contribution in [3.63, 3.8) is 0 Å². The molecule has 7 nitrogen and oxygen atoms in total. The zero-order valence-corrected chi connectivity index (χ0v) is 17.6. The number of rotatable bonds is 9. The van der Waals surface area contributed by atoms with Gasteiger partial charge in [0.2, 0.25) is 11.8 Å². The molecule has 0 spiro atoms. The lowest BCUT2D eigenvalue weighted by atomic mass is 10.0. The summed E-state index contributed by atoms with van der Waals surface area (Å²) in [6.45, 7) is 2.49. The van der Waals surface area contributed by atoms with Gasteiger partial charge in [-0.25, -0.2) is 5.43 Å². The number of ether oxygens (including phenoxy) is 2. The minimum Gasteiger partial charge on any atom is -0.496 e. The Hall–Kier alpha value is -3.87. The molecule has 0 fully saturated rings. The number of hydrazone groups is 1. The Kier molecular flexibility index (Phi) is 7.59. The number of nitrogens with zero attached hydrogens (tertiary/aromatic N) is 1. The summed E-state index contributed by atoms with van der Waals surface area (Å²) in [4.78, 5) is 24.1. The van der Waals surface area contributed by atoms with Crippen molar-refractivity contribution < 1.29 is 19.1 Å². The van der Waals surface area contributed by atoms with Gasteiger partial charge in [0, 0.05) is 24.1 Å². The molecule has 0 atom stereocenters. The molecule has 0 radical (unpaired) electrons. The van der Waals surface area contributed by atoms with Crippen molar-refractivity contribution >= 4 is 34.5 Å². The molecule has 0 aliphatic rings. The number of nitrogens with one attached hydrogen (secondary N) is 2. The molecule has 0 bridgehead atoms. The van der Waals surface area contributed by atoms with E-state index in [0.29, 0.717) is 18.0 Å². The second kappa shape index (κ2) is 10.8. The quantitative estimate of drug-likeness (QED) is 0.403. The van der Waals surface area contributed by atoms with E-state index < -0.39 is 0 Å². The molecule has 3 aromatic carbocycles. The third-order valence-electron chi connectivity index (χ3n) is 4.56. The first-order valence-corrected chi connectivity index (χ1v) is 10.0. The number of benzene rings is 3. The second-order valence-electron chi connectivity index (χ2n) is 6.70. The van der Waals surface area contributed by atoms with Crippen LogP contribution in [-0.2, 0) is 9.59 Å². The van der Waals surface area contributed by atoms with E-state index in [9.17, 15) is 9.59 Å². The van der Waals surface area contributed by atoms with Crippen LogP contribution in [0.25, 0.3) is 10.8 Å². The maximum atomic E-state index is 12.1. The number of hydrogen-bond acceptors (Lipinski definition) is 5. The van der Waals surface area contributed by atoms with Crippen LogP contribution in [0.3, 0.4) is 0 Å². The smallest absolute Gasteiger partial charge is 0.240 e. The van der Waals surface area contributed by atoms with Crippen LogP contribution in [0, 0.1) is 0 Å². The highest BCUT2D eigenvalue weighted by molar-refractivity contribution is 6.02. The van der Waals surface area contributed by atoms with Gasteiger partial charge in [-0.3, -0.25) is 9.59 Å². The van der Waals surface area contributed by atoms with E-state index >= 15 is 0 Å². The molecule has 2 amide bonds. The maximum absolute atomic E-state index is 12.1. The number of hydrogen-bond donors (Lipinski definition) is 2. The SMILES string of the molecule is CCOc1ccc(NC(=O)CCC(=O)N/N=C/c2c(OC)ccc3ccccc23)cc1. The van der Waals surface area contributed by atoms with Crippen LogP contribution in [0.4, 0.5) is 5.69 Å². The Bertz CT molecular complexity index is 1080. The third kappa shape index (κ3) is 6.05. The van der Waals surface area contributed by atoms with Gasteiger partial charge in [-0.2, -0.15) is 5.10 Å². The average Bonchev–Trinajstić information content (AvgIpc) is 2.79. The van der Waals surface area contributed by atoms with E-state index in [4.69, 9.17) is 9.47 Å². The normalized spacial score (nSPS) is 10.8. The first-order chi connectivity index (χ1) is 15.1. The fourth-order valence-electron chi connectivity index (χ4n) is 3.06. The molecular formula is C24H25N3O4. The lowest BCUT2D eigenvalue weighted by Gasteiger charge is -2.08. The van der Waals surface area contributed by atoms with Gasteiger partial charge in [-0.05, 0) is 48.0 Å². The van der Waals surface area contributed by atoms with E-state index in [-0.39, 0.29) is 24.7 Å². The first kappa shape index (κ1) is 21.8. The fourth-order valence-corrected chi connectivity index (χ4v) is 3.06. The van der Waals surface area contributed by atoms with Gasteiger partial charge < -0.3 is 14.8 Å². The van der Waals surface area contributed by atoms with Crippen LogP contribution in [0.5, 0.6) is 11.5 Å². The first-order valence-electron chi connectivity index (χ1n) is 10.0. The zero-order chi connectivity index (χ0) is 22.1. The van der Waals surface area contributed by atoms with Crippen LogP contribution in [0.2, 0.25) is 0 Å². The maximum Gasteiger partial charge on any atom is 0.240 e. The Labute approximate surface area is 181 Å². The third-order valence-corrected chi connectivity index (χ3v) is 4.56. The van der Waals surface area contributed by atoms with E-state index in [1.807, 2.05) is 43.3 Å². The fraction of sp³-hybridized carbons (Fsp3) is 0.208. The summed E-state index contributed by atoms with van der Waals surface area (Å²) in [6.07, 6.45) is 1.62. The van der Waals surface area contributed by atoms with Crippen molar-refractivity contribution in [2.24, 2.45) is 5.10 Å². The highest BCUT2D eigenvalue weighted by Gasteiger charge is 2.08. The molecule has 2 N–H and O–H groups in total. The molecule has 31 heavy (non-hydrogen) atoms. The lowest BCUT2D eigenvalue weighted by molar-refractivity contribution is -0.124. The molecule has 0 heterocycles. The standard InChI is InChI=1S/C24H25N3O4/c1-3-31-19-11-9-18(10-12-19)26-23(28)14-15-24(29)27-25-16-21-20-7-5-4-6-17(20)8-13-22(21)30-2/h4-13,16H,3,14-15H2,1-2H3,(H,26,28)(H,27,29)/b25-16+. The van der Waals surface area contributed by atoms with E-state index in [1.165, 1.54) is 0 Å². The largest absolute Gasteiger partial charge is 0.496 e. The van der Waals surface area contributed by atoms with E-state index in [1.54, 1.807) is 37.6 Å². The van der Waals surface area contributed by atoms with Gasteiger partial charge in [0.15, 0.2) is 0 Å². The number of carbonyl (C=O) groups is 2. The van der Waals surface area contributed by atoms with Gasteiger partial charge in [0.1, 0.15) is 11.5 Å².